The summed E-state index contributed by atoms with van der Waals surface area (Å²) in [6, 6.07) is 13.1. The zero-order valence-corrected chi connectivity index (χ0v) is 13.4. The SMILES string of the molecule is CNc1cccc(C(Nc2ccc(C(=N)N)cc2)C(=O)O)c1.Cl. The van der Waals surface area contributed by atoms with Crippen molar-refractivity contribution in [3.05, 3.63) is 59.7 Å². The number of carbonyl (C=O) groups is 1. The van der Waals surface area contributed by atoms with Gasteiger partial charge in [-0.25, -0.2) is 4.79 Å². The first kappa shape index (κ1) is 18.3. The molecule has 0 saturated carbocycles. The Morgan fingerprint density at radius 1 is 1.17 bits per heavy atom. The molecule has 23 heavy (non-hydrogen) atoms. The van der Waals surface area contributed by atoms with Crippen LogP contribution in [0.3, 0.4) is 0 Å². The predicted molar refractivity (Wildman–Crippen MR) is 94.7 cm³/mol. The van der Waals surface area contributed by atoms with Crippen LogP contribution in [0.15, 0.2) is 48.5 Å². The Labute approximate surface area is 140 Å². The van der Waals surface area contributed by atoms with E-state index in [0.717, 1.165) is 5.69 Å². The second-order valence-electron chi connectivity index (χ2n) is 4.78. The molecule has 1 atom stereocenters. The number of nitrogens with two attached hydrogens (primary N) is 1. The third kappa shape index (κ3) is 4.62. The van der Waals surface area contributed by atoms with Crippen LogP contribution in [0.2, 0.25) is 0 Å². The van der Waals surface area contributed by atoms with Gasteiger partial charge in [-0.15, -0.1) is 12.4 Å². The number of benzene rings is 2. The van der Waals surface area contributed by atoms with Gasteiger partial charge in [-0.2, -0.15) is 0 Å². The van der Waals surface area contributed by atoms with E-state index in [4.69, 9.17) is 11.1 Å². The molecular weight excluding hydrogens is 316 g/mol. The molecule has 2 rings (SSSR count). The lowest BCUT2D eigenvalue weighted by atomic mass is 10.1. The third-order valence-corrected chi connectivity index (χ3v) is 3.26. The van der Waals surface area contributed by atoms with Crippen LogP contribution in [0.5, 0.6) is 0 Å². The van der Waals surface area contributed by atoms with Crippen LogP contribution < -0.4 is 16.4 Å². The molecule has 0 fully saturated rings. The van der Waals surface area contributed by atoms with Crippen molar-refractivity contribution in [1.29, 1.82) is 5.41 Å². The van der Waals surface area contributed by atoms with E-state index in [1.165, 1.54) is 0 Å². The highest BCUT2D eigenvalue weighted by molar-refractivity contribution is 5.95. The Kier molecular flexibility index (Phi) is 6.41. The van der Waals surface area contributed by atoms with Crippen molar-refractivity contribution in [2.75, 3.05) is 17.7 Å². The van der Waals surface area contributed by atoms with Crippen LogP contribution in [0, 0.1) is 5.41 Å². The fourth-order valence-electron chi connectivity index (χ4n) is 2.07. The van der Waals surface area contributed by atoms with Crippen LogP contribution in [-0.4, -0.2) is 24.0 Å². The van der Waals surface area contributed by atoms with Gasteiger partial charge >= 0.3 is 5.97 Å². The van der Waals surface area contributed by atoms with Crippen molar-refractivity contribution >= 4 is 35.6 Å². The number of carboxylic acid groups (broad SMARTS) is 1. The maximum Gasteiger partial charge on any atom is 0.330 e. The van der Waals surface area contributed by atoms with Crippen molar-refractivity contribution in [3.8, 4) is 0 Å². The minimum absolute atomic E-state index is 0. The Balaban J connectivity index is 0.00000264. The highest BCUT2D eigenvalue weighted by atomic mass is 35.5. The van der Waals surface area contributed by atoms with Crippen molar-refractivity contribution in [2.45, 2.75) is 6.04 Å². The topological polar surface area (TPSA) is 111 Å². The Bertz CT molecular complexity index is 689. The first-order valence-electron chi connectivity index (χ1n) is 6.73. The fourth-order valence-corrected chi connectivity index (χ4v) is 2.07. The summed E-state index contributed by atoms with van der Waals surface area (Å²) in [5.74, 6) is -0.994. The molecule has 0 aromatic heterocycles. The van der Waals surface area contributed by atoms with E-state index in [9.17, 15) is 9.90 Å². The molecule has 6 N–H and O–H groups in total. The van der Waals surface area contributed by atoms with Crippen molar-refractivity contribution in [3.63, 3.8) is 0 Å². The van der Waals surface area contributed by atoms with Crippen LogP contribution in [-0.2, 0) is 4.79 Å². The zero-order chi connectivity index (χ0) is 16.1. The van der Waals surface area contributed by atoms with Gasteiger partial charge in [0.2, 0.25) is 0 Å². The molecule has 0 aliphatic rings. The van der Waals surface area contributed by atoms with Gasteiger partial charge in [-0.1, -0.05) is 12.1 Å². The standard InChI is InChI=1S/C16H18N4O2.ClH/c1-19-13-4-2-3-11(9-13)14(16(21)22)20-12-7-5-10(6-8-12)15(17)18;/h2-9,14,19-20H,1H3,(H3,17,18)(H,21,22);1H. The summed E-state index contributed by atoms with van der Waals surface area (Å²) in [5.41, 5.74) is 8.13. The molecule has 6 nitrogen and oxygen atoms in total. The van der Waals surface area contributed by atoms with E-state index in [0.29, 0.717) is 16.8 Å². The first-order chi connectivity index (χ1) is 10.5. The Morgan fingerprint density at radius 2 is 1.83 bits per heavy atom. The molecule has 0 aliphatic carbocycles. The highest BCUT2D eigenvalue weighted by Gasteiger charge is 2.19. The van der Waals surface area contributed by atoms with Crippen LogP contribution in [0.4, 0.5) is 11.4 Å². The summed E-state index contributed by atoms with van der Waals surface area (Å²) < 4.78 is 0. The summed E-state index contributed by atoms with van der Waals surface area (Å²) in [5, 5.41) is 22.8. The maximum absolute atomic E-state index is 11.5. The first-order valence-corrected chi connectivity index (χ1v) is 6.73. The molecule has 0 heterocycles. The number of hydrogen-bond acceptors (Lipinski definition) is 4. The van der Waals surface area contributed by atoms with E-state index in [2.05, 4.69) is 10.6 Å². The fraction of sp³-hybridized carbons (Fsp3) is 0.125. The number of anilines is 2. The highest BCUT2D eigenvalue weighted by Crippen LogP contribution is 2.22. The number of amidine groups is 1. The van der Waals surface area contributed by atoms with Gasteiger partial charge < -0.3 is 21.5 Å². The average molecular weight is 335 g/mol. The van der Waals surface area contributed by atoms with Gasteiger partial charge in [0.15, 0.2) is 6.04 Å². The predicted octanol–water partition coefficient (Wildman–Crippen LogP) is 2.67. The quantitative estimate of drug-likeness (QED) is 0.412. The van der Waals surface area contributed by atoms with E-state index in [1.54, 1.807) is 49.5 Å². The van der Waals surface area contributed by atoms with Gasteiger partial charge in [0, 0.05) is 24.0 Å². The Morgan fingerprint density at radius 3 is 2.35 bits per heavy atom. The maximum atomic E-state index is 11.5. The summed E-state index contributed by atoms with van der Waals surface area (Å²) in [7, 11) is 1.78. The van der Waals surface area contributed by atoms with Gasteiger partial charge in [0.05, 0.1) is 0 Å². The van der Waals surface area contributed by atoms with Gasteiger partial charge in [0.25, 0.3) is 0 Å². The number of nitrogens with one attached hydrogen (secondary N) is 3. The van der Waals surface area contributed by atoms with Gasteiger partial charge in [-0.3, -0.25) is 5.41 Å². The normalized spacial score (nSPS) is 11.0. The van der Waals surface area contributed by atoms with Crippen LogP contribution in [0.1, 0.15) is 17.2 Å². The summed E-state index contributed by atoms with van der Waals surface area (Å²) in [6.45, 7) is 0. The number of aliphatic carboxylic acids is 1. The Hall–Kier alpha value is -2.73. The molecular formula is C16H19ClN4O2. The smallest absolute Gasteiger partial charge is 0.330 e. The van der Waals surface area contributed by atoms with E-state index in [-0.39, 0.29) is 18.2 Å². The molecule has 0 bridgehead atoms. The molecule has 1 unspecified atom stereocenters. The molecule has 122 valence electrons. The lowest BCUT2D eigenvalue weighted by Gasteiger charge is -2.17. The molecule has 2 aromatic rings. The third-order valence-electron chi connectivity index (χ3n) is 3.26. The van der Waals surface area contributed by atoms with E-state index in [1.807, 2.05) is 6.07 Å². The second-order valence-corrected chi connectivity index (χ2v) is 4.78. The summed E-state index contributed by atoms with van der Waals surface area (Å²) in [6.07, 6.45) is 0. The minimum Gasteiger partial charge on any atom is -0.479 e. The monoisotopic (exact) mass is 334 g/mol. The van der Waals surface area contributed by atoms with Gasteiger partial charge in [-0.05, 0) is 42.0 Å². The van der Waals surface area contributed by atoms with E-state index < -0.39 is 12.0 Å². The average Bonchev–Trinajstić information content (AvgIpc) is 2.52. The number of halogens is 1. The zero-order valence-electron chi connectivity index (χ0n) is 12.5. The number of nitrogen functional groups attached to an aromatic ring is 1. The summed E-state index contributed by atoms with van der Waals surface area (Å²) >= 11 is 0. The van der Waals surface area contributed by atoms with Crippen molar-refractivity contribution in [1.82, 2.24) is 0 Å². The molecule has 0 amide bonds. The lowest BCUT2D eigenvalue weighted by molar-refractivity contribution is -0.138. The molecule has 0 spiro atoms. The van der Waals surface area contributed by atoms with Gasteiger partial charge in [0.1, 0.15) is 5.84 Å². The number of carboxylic acids is 1. The molecule has 0 saturated heterocycles. The number of hydrogen-bond donors (Lipinski definition) is 5. The van der Waals surface area contributed by atoms with Crippen LogP contribution in [0.25, 0.3) is 0 Å². The van der Waals surface area contributed by atoms with Crippen LogP contribution >= 0.6 is 12.4 Å². The van der Waals surface area contributed by atoms with Crippen molar-refractivity contribution < 1.29 is 9.90 Å². The molecule has 2 aromatic carbocycles. The second kappa shape index (κ2) is 8.05. The number of rotatable bonds is 6. The molecule has 0 radical (unpaired) electrons. The minimum atomic E-state index is -0.969. The largest absolute Gasteiger partial charge is 0.479 e. The van der Waals surface area contributed by atoms with Crippen molar-refractivity contribution in [2.24, 2.45) is 5.73 Å². The van der Waals surface area contributed by atoms with E-state index >= 15 is 0 Å². The molecule has 7 heteroatoms. The molecule has 0 aliphatic heterocycles. The summed E-state index contributed by atoms with van der Waals surface area (Å²) in [4.78, 5) is 11.5. The lowest BCUT2D eigenvalue weighted by Crippen LogP contribution is -2.20.